The summed E-state index contributed by atoms with van der Waals surface area (Å²) in [5.41, 5.74) is 3.47. The highest BCUT2D eigenvalue weighted by Gasteiger charge is 2.26. The fraction of sp³-hybridized carbons (Fsp3) is 0.615. The average molecular weight is 271 g/mol. The van der Waals surface area contributed by atoms with Gasteiger partial charge in [-0.2, -0.15) is 11.8 Å². The van der Waals surface area contributed by atoms with Gasteiger partial charge in [0.25, 0.3) is 0 Å². The Morgan fingerprint density at radius 1 is 1.53 bits per heavy atom. The number of nitrogens with zero attached hydrogens (tertiary/aromatic N) is 2. The van der Waals surface area contributed by atoms with Crippen LogP contribution in [-0.2, 0) is 5.88 Å². The van der Waals surface area contributed by atoms with Gasteiger partial charge in [-0.3, -0.25) is 4.98 Å². The molecule has 1 aromatic heterocycles. The largest absolute Gasteiger partial charge is 0.367 e. The highest BCUT2D eigenvalue weighted by Crippen LogP contribution is 2.31. The van der Waals surface area contributed by atoms with Crippen molar-refractivity contribution in [2.75, 3.05) is 17.2 Å². The van der Waals surface area contributed by atoms with Crippen molar-refractivity contribution in [2.45, 2.75) is 37.9 Å². The maximum Gasteiger partial charge on any atom is 0.0509 e. The number of hydrogen-bond acceptors (Lipinski definition) is 3. The van der Waals surface area contributed by atoms with Gasteiger partial charge < -0.3 is 4.90 Å². The molecule has 1 aliphatic heterocycles. The highest BCUT2D eigenvalue weighted by atomic mass is 35.5. The van der Waals surface area contributed by atoms with Crippen molar-refractivity contribution in [2.24, 2.45) is 0 Å². The van der Waals surface area contributed by atoms with Gasteiger partial charge in [-0.05, 0) is 19.9 Å². The smallest absolute Gasteiger partial charge is 0.0509 e. The second-order valence-corrected chi connectivity index (χ2v) is 6.35. The van der Waals surface area contributed by atoms with E-state index in [-0.39, 0.29) is 0 Å². The summed E-state index contributed by atoms with van der Waals surface area (Å²) in [6.45, 7) is 7.73. The van der Waals surface area contributed by atoms with Crippen molar-refractivity contribution in [1.29, 1.82) is 0 Å². The normalized spacial score (nSPS) is 25.1. The monoisotopic (exact) mass is 270 g/mol. The maximum absolute atomic E-state index is 6.02. The van der Waals surface area contributed by atoms with Gasteiger partial charge in [0.2, 0.25) is 0 Å². The molecule has 0 amide bonds. The molecule has 17 heavy (non-hydrogen) atoms. The van der Waals surface area contributed by atoms with Crippen molar-refractivity contribution in [3.05, 3.63) is 23.5 Å². The molecule has 2 unspecified atom stereocenters. The molecule has 0 radical (unpaired) electrons. The first-order chi connectivity index (χ1) is 8.13. The molecule has 2 nitrogen and oxygen atoms in total. The van der Waals surface area contributed by atoms with Crippen LogP contribution >= 0.6 is 23.4 Å². The minimum absolute atomic E-state index is 0.535. The Morgan fingerprint density at radius 3 is 3.00 bits per heavy atom. The van der Waals surface area contributed by atoms with E-state index in [9.17, 15) is 0 Å². The third kappa shape index (κ3) is 2.71. The molecular weight excluding hydrogens is 252 g/mol. The molecule has 2 atom stereocenters. The fourth-order valence-electron chi connectivity index (χ4n) is 2.22. The van der Waals surface area contributed by atoms with Gasteiger partial charge in [0.15, 0.2) is 0 Å². The van der Waals surface area contributed by atoms with Gasteiger partial charge in [0.1, 0.15) is 0 Å². The van der Waals surface area contributed by atoms with Crippen molar-refractivity contribution in [3.8, 4) is 0 Å². The average Bonchev–Trinajstić information content (AvgIpc) is 2.33. The van der Waals surface area contributed by atoms with Crippen LogP contribution in [0.1, 0.15) is 25.1 Å². The Bertz CT molecular complexity index is 397. The van der Waals surface area contributed by atoms with Crippen molar-refractivity contribution < 1.29 is 0 Å². The lowest BCUT2D eigenvalue weighted by Crippen LogP contribution is -2.45. The minimum atomic E-state index is 0.535. The van der Waals surface area contributed by atoms with E-state index in [1.807, 2.05) is 13.1 Å². The summed E-state index contributed by atoms with van der Waals surface area (Å²) in [7, 11) is 0. The Morgan fingerprint density at radius 2 is 2.29 bits per heavy atom. The van der Waals surface area contributed by atoms with Gasteiger partial charge >= 0.3 is 0 Å². The number of hydrogen-bond donors (Lipinski definition) is 0. The highest BCUT2D eigenvalue weighted by molar-refractivity contribution is 8.00. The summed E-state index contributed by atoms with van der Waals surface area (Å²) in [4.78, 5) is 6.81. The Hall–Kier alpha value is -0.410. The zero-order valence-corrected chi connectivity index (χ0v) is 12.2. The number of aryl methyl sites for hydroxylation is 1. The number of halogens is 1. The Labute approximate surface area is 113 Å². The van der Waals surface area contributed by atoms with E-state index in [0.29, 0.717) is 17.2 Å². The fourth-order valence-corrected chi connectivity index (χ4v) is 3.52. The molecule has 1 saturated heterocycles. The molecule has 0 saturated carbocycles. The van der Waals surface area contributed by atoms with E-state index in [1.165, 1.54) is 11.4 Å². The van der Waals surface area contributed by atoms with E-state index >= 15 is 0 Å². The van der Waals surface area contributed by atoms with Crippen LogP contribution in [0.25, 0.3) is 0 Å². The van der Waals surface area contributed by atoms with Crippen LogP contribution in [0.3, 0.4) is 0 Å². The number of pyridine rings is 1. The summed E-state index contributed by atoms with van der Waals surface area (Å²) in [5.74, 6) is 1.72. The van der Waals surface area contributed by atoms with Crippen LogP contribution in [0.4, 0.5) is 5.69 Å². The summed E-state index contributed by atoms with van der Waals surface area (Å²) >= 11 is 8.07. The molecule has 0 aliphatic carbocycles. The predicted octanol–water partition coefficient (Wildman–Crippen LogP) is 3.46. The standard InChI is InChI=1S/C13H19ClN2S/c1-9-6-13(12(7-14)8-15-9)16-4-5-17-11(3)10(16)2/h6,8,10-11H,4-5,7H2,1-3H3. The van der Waals surface area contributed by atoms with Crippen molar-refractivity contribution in [3.63, 3.8) is 0 Å². The number of rotatable bonds is 2. The molecule has 0 spiro atoms. The lowest BCUT2D eigenvalue weighted by Gasteiger charge is -2.40. The van der Waals surface area contributed by atoms with Crippen LogP contribution < -0.4 is 4.90 Å². The van der Waals surface area contributed by atoms with Crippen LogP contribution in [0.2, 0.25) is 0 Å². The first kappa shape index (κ1) is 13.0. The van der Waals surface area contributed by atoms with Crippen molar-refractivity contribution >= 4 is 29.1 Å². The number of alkyl halides is 1. The lowest BCUT2D eigenvalue weighted by atomic mass is 10.1. The molecule has 0 aromatic carbocycles. The van der Waals surface area contributed by atoms with Crippen LogP contribution in [0.5, 0.6) is 0 Å². The zero-order chi connectivity index (χ0) is 12.4. The number of thioether (sulfide) groups is 1. The molecular formula is C13H19ClN2S. The molecule has 0 bridgehead atoms. The van der Waals surface area contributed by atoms with E-state index in [2.05, 4.69) is 41.6 Å². The SMILES string of the molecule is Cc1cc(N2CCSC(C)C2C)c(CCl)cn1. The van der Waals surface area contributed by atoms with Gasteiger partial charge in [0.05, 0.1) is 5.88 Å². The quantitative estimate of drug-likeness (QED) is 0.766. The third-order valence-electron chi connectivity index (χ3n) is 3.44. The molecule has 94 valence electrons. The molecule has 1 fully saturated rings. The van der Waals surface area contributed by atoms with Gasteiger partial charge in [-0.1, -0.05) is 6.92 Å². The molecule has 2 heterocycles. The van der Waals surface area contributed by atoms with Crippen molar-refractivity contribution in [1.82, 2.24) is 4.98 Å². The Balaban J connectivity index is 2.34. The summed E-state index contributed by atoms with van der Waals surface area (Å²) in [6.07, 6.45) is 1.91. The van der Waals surface area contributed by atoms with E-state index < -0.39 is 0 Å². The first-order valence-corrected chi connectivity index (χ1v) is 7.61. The number of anilines is 1. The first-order valence-electron chi connectivity index (χ1n) is 6.03. The second-order valence-electron chi connectivity index (χ2n) is 4.60. The third-order valence-corrected chi connectivity index (χ3v) is 5.06. The van der Waals surface area contributed by atoms with Gasteiger partial charge in [-0.25, -0.2) is 0 Å². The second kappa shape index (κ2) is 5.49. The van der Waals surface area contributed by atoms with E-state index in [1.54, 1.807) is 0 Å². The summed E-state index contributed by atoms with van der Waals surface area (Å²) in [6, 6.07) is 2.72. The van der Waals surface area contributed by atoms with Gasteiger partial charge in [-0.15, -0.1) is 11.6 Å². The predicted molar refractivity (Wildman–Crippen MR) is 77.3 cm³/mol. The number of aromatic nitrogens is 1. The molecule has 0 N–H and O–H groups in total. The zero-order valence-electron chi connectivity index (χ0n) is 10.6. The maximum atomic E-state index is 6.02. The topological polar surface area (TPSA) is 16.1 Å². The van der Waals surface area contributed by atoms with Gasteiger partial charge in [0, 0.05) is 46.7 Å². The van der Waals surface area contributed by atoms with Crippen LogP contribution in [0.15, 0.2) is 12.3 Å². The summed E-state index contributed by atoms with van der Waals surface area (Å²) in [5, 5.41) is 0.667. The minimum Gasteiger partial charge on any atom is -0.367 e. The van der Waals surface area contributed by atoms with Crippen LogP contribution in [-0.4, -0.2) is 28.6 Å². The lowest BCUT2D eigenvalue weighted by molar-refractivity contribution is 0.625. The molecule has 1 aliphatic rings. The summed E-state index contributed by atoms with van der Waals surface area (Å²) < 4.78 is 0. The molecule has 2 rings (SSSR count). The Kier molecular flexibility index (Phi) is 4.21. The van der Waals surface area contributed by atoms with E-state index in [0.717, 1.165) is 17.8 Å². The molecule has 1 aromatic rings. The molecule has 4 heteroatoms. The van der Waals surface area contributed by atoms with Crippen LogP contribution in [0, 0.1) is 6.92 Å². The van der Waals surface area contributed by atoms with E-state index in [4.69, 9.17) is 11.6 Å².